The fourth-order valence-electron chi connectivity index (χ4n) is 0.930. The molecule has 62 valence electrons. The van der Waals surface area contributed by atoms with E-state index < -0.39 is 6.09 Å². The van der Waals surface area contributed by atoms with Crippen LogP contribution in [0.1, 0.15) is 12.8 Å². The minimum absolute atomic E-state index is 0.158. The van der Waals surface area contributed by atoms with Gasteiger partial charge in [-0.15, -0.1) is 0 Å². The Balaban J connectivity index is 2.28. The Bertz CT molecular complexity index is 169. The number of nitrogens with one attached hydrogen (secondary N) is 1. The van der Waals surface area contributed by atoms with E-state index in [9.17, 15) is 9.59 Å². The highest BCUT2D eigenvalue weighted by Gasteiger charge is 2.20. The molecule has 0 spiro atoms. The molecule has 1 unspecified atom stereocenters. The number of carbonyl (C=O) groups excluding carboxylic acids is 1. The highest BCUT2D eigenvalue weighted by molar-refractivity contribution is 5.71. The van der Waals surface area contributed by atoms with E-state index in [1.807, 2.05) is 0 Å². The molecule has 1 fully saturated rings. The van der Waals surface area contributed by atoms with Gasteiger partial charge in [-0.05, 0) is 6.42 Å². The minimum atomic E-state index is -1.08. The fraction of sp³-hybridized carbons (Fsp3) is 0.667. The number of carbonyl (C=O) groups is 2. The van der Waals surface area contributed by atoms with Crippen molar-refractivity contribution in [3.8, 4) is 0 Å². The molecule has 1 aliphatic heterocycles. The van der Waals surface area contributed by atoms with Crippen molar-refractivity contribution in [3.63, 3.8) is 0 Å². The van der Waals surface area contributed by atoms with Crippen molar-refractivity contribution in [3.05, 3.63) is 0 Å². The molecule has 1 heterocycles. The number of amides is 1. The van der Waals surface area contributed by atoms with Gasteiger partial charge in [-0.25, -0.2) is 4.79 Å². The second-order valence-corrected chi connectivity index (χ2v) is 2.37. The summed E-state index contributed by atoms with van der Waals surface area (Å²) < 4.78 is 4.63. The largest absolute Gasteiger partial charge is 0.465 e. The summed E-state index contributed by atoms with van der Waals surface area (Å²) in [6, 6.07) is -0.231. The lowest BCUT2D eigenvalue weighted by molar-refractivity contribution is -0.147. The van der Waals surface area contributed by atoms with Crippen LogP contribution in [-0.4, -0.2) is 29.8 Å². The van der Waals surface area contributed by atoms with Gasteiger partial charge in [0, 0.05) is 6.42 Å². The van der Waals surface area contributed by atoms with Crippen LogP contribution in [-0.2, 0) is 9.53 Å². The molecule has 0 aromatic rings. The Hall–Kier alpha value is -1.26. The zero-order chi connectivity index (χ0) is 8.27. The van der Waals surface area contributed by atoms with Crippen molar-refractivity contribution in [1.29, 1.82) is 0 Å². The third kappa shape index (κ3) is 2.45. The van der Waals surface area contributed by atoms with Crippen molar-refractivity contribution in [2.45, 2.75) is 18.9 Å². The van der Waals surface area contributed by atoms with E-state index in [4.69, 9.17) is 5.11 Å². The van der Waals surface area contributed by atoms with Crippen LogP contribution in [0.15, 0.2) is 0 Å². The minimum Gasteiger partial charge on any atom is -0.465 e. The standard InChI is InChI=1S/C6H9NO4/c8-5-2-1-4(3-11-5)7-6(9)10/h4,7H,1-3H2,(H,9,10). The van der Waals surface area contributed by atoms with Crippen LogP contribution in [0.5, 0.6) is 0 Å². The monoisotopic (exact) mass is 159 g/mol. The zero-order valence-corrected chi connectivity index (χ0v) is 5.87. The summed E-state index contributed by atoms with van der Waals surface area (Å²) in [5, 5.41) is 10.5. The van der Waals surface area contributed by atoms with Crippen molar-refractivity contribution in [1.82, 2.24) is 5.32 Å². The normalized spacial score (nSPS) is 24.0. The van der Waals surface area contributed by atoms with E-state index in [0.29, 0.717) is 12.8 Å². The highest BCUT2D eigenvalue weighted by Crippen LogP contribution is 2.06. The van der Waals surface area contributed by atoms with Gasteiger partial charge in [0.1, 0.15) is 6.61 Å². The number of rotatable bonds is 1. The molecular formula is C6H9NO4. The Morgan fingerprint density at radius 3 is 2.91 bits per heavy atom. The van der Waals surface area contributed by atoms with Gasteiger partial charge in [-0.2, -0.15) is 0 Å². The van der Waals surface area contributed by atoms with Crippen LogP contribution in [0.3, 0.4) is 0 Å². The molecule has 5 heteroatoms. The first kappa shape index (κ1) is 7.84. The SMILES string of the molecule is O=C(O)NC1CCC(=O)OC1. The molecule has 1 saturated heterocycles. The molecule has 1 amide bonds. The maximum atomic E-state index is 10.5. The number of carboxylic acid groups (broad SMARTS) is 1. The summed E-state index contributed by atoms with van der Waals surface area (Å²) >= 11 is 0. The lowest BCUT2D eigenvalue weighted by Gasteiger charge is -2.20. The van der Waals surface area contributed by atoms with E-state index in [2.05, 4.69) is 10.1 Å². The van der Waals surface area contributed by atoms with Crippen molar-refractivity contribution in [2.75, 3.05) is 6.61 Å². The van der Waals surface area contributed by atoms with Crippen LogP contribution >= 0.6 is 0 Å². The summed E-state index contributed by atoms with van der Waals surface area (Å²) in [7, 11) is 0. The van der Waals surface area contributed by atoms with Crippen molar-refractivity contribution >= 4 is 12.1 Å². The summed E-state index contributed by atoms with van der Waals surface area (Å²) in [4.78, 5) is 20.6. The summed E-state index contributed by atoms with van der Waals surface area (Å²) in [5.41, 5.74) is 0. The molecule has 0 aliphatic carbocycles. The van der Waals surface area contributed by atoms with E-state index in [0.717, 1.165) is 0 Å². The topological polar surface area (TPSA) is 75.6 Å². The fourth-order valence-corrected chi connectivity index (χ4v) is 0.930. The molecular weight excluding hydrogens is 150 g/mol. The van der Waals surface area contributed by atoms with Crippen LogP contribution < -0.4 is 5.32 Å². The van der Waals surface area contributed by atoms with E-state index >= 15 is 0 Å². The van der Waals surface area contributed by atoms with Crippen molar-refractivity contribution in [2.24, 2.45) is 0 Å². The molecule has 0 aromatic carbocycles. The van der Waals surface area contributed by atoms with Gasteiger partial charge in [0.25, 0.3) is 0 Å². The average Bonchev–Trinajstić information content (AvgIpc) is 1.93. The van der Waals surface area contributed by atoms with Gasteiger partial charge in [0.15, 0.2) is 0 Å². The Kier molecular flexibility index (Phi) is 2.30. The first-order valence-electron chi connectivity index (χ1n) is 3.33. The van der Waals surface area contributed by atoms with Crippen LogP contribution in [0.25, 0.3) is 0 Å². The highest BCUT2D eigenvalue weighted by atomic mass is 16.5. The van der Waals surface area contributed by atoms with Gasteiger partial charge >= 0.3 is 12.1 Å². The molecule has 11 heavy (non-hydrogen) atoms. The summed E-state index contributed by atoms with van der Waals surface area (Å²) in [6.07, 6.45) is -0.247. The van der Waals surface area contributed by atoms with E-state index in [1.165, 1.54) is 0 Å². The maximum absolute atomic E-state index is 10.5. The number of hydrogen-bond donors (Lipinski definition) is 2. The Morgan fingerprint density at radius 2 is 2.45 bits per heavy atom. The van der Waals surface area contributed by atoms with Crippen LogP contribution in [0.2, 0.25) is 0 Å². The number of esters is 1. The maximum Gasteiger partial charge on any atom is 0.404 e. The molecule has 0 bridgehead atoms. The molecule has 1 aliphatic rings. The lowest BCUT2D eigenvalue weighted by atomic mass is 10.1. The Morgan fingerprint density at radius 1 is 1.73 bits per heavy atom. The summed E-state index contributed by atoms with van der Waals surface area (Å²) in [5.74, 6) is -0.256. The molecule has 2 N–H and O–H groups in total. The van der Waals surface area contributed by atoms with Gasteiger partial charge in [0.05, 0.1) is 6.04 Å². The lowest BCUT2D eigenvalue weighted by Crippen LogP contribution is -2.41. The third-order valence-corrected chi connectivity index (χ3v) is 1.47. The molecule has 0 radical (unpaired) electrons. The summed E-state index contributed by atoms with van der Waals surface area (Å²) in [6.45, 7) is 0.158. The van der Waals surface area contributed by atoms with E-state index in [-0.39, 0.29) is 18.6 Å². The Labute approximate surface area is 63.3 Å². The predicted molar refractivity (Wildman–Crippen MR) is 35.1 cm³/mol. The molecule has 1 rings (SSSR count). The second kappa shape index (κ2) is 3.23. The first-order valence-corrected chi connectivity index (χ1v) is 3.33. The number of cyclic esters (lactones) is 1. The average molecular weight is 159 g/mol. The molecule has 1 atom stereocenters. The van der Waals surface area contributed by atoms with Gasteiger partial charge in [-0.3, -0.25) is 4.79 Å². The van der Waals surface area contributed by atoms with Crippen molar-refractivity contribution < 1.29 is 19.4 Å². The first-order chi connectivity index (χ1) is 5.18. The smallest absolute Gasteiger partial charge is 0.404 e. The van der Waals surface area contributed by atoms with Gasteiger partial charge < -0.3 is 15.2 Å². The van der Waals surface area contributed by atoms with Crippen LogP contribution in [0, 0.1) is 0 Å². The van der Waals surface area contributed by atoms with Gasteiger partial charge in [0.2, 0.25) is 0 Å². The van der Waals surface area contributed by atoms with Crippen LogP contribution in [0.4, 0.5) is 4.79 Å². The van der Waals surface area contributed by atoms with Gasteiger partial charge in [-0.1, -0.05) is 0 Å². The quantitative estimate of drug-likeness (QED) is 0.526. The third-order valence-electron chi connectivity index (χ3n) is 1.47. The molecule has 0 saturated carbocycles. The molecule has 5 nitrogen and oxygen atoms in total. The molecule has 0 aromatic heterocycles. The number of hydrogen-bond acceptors (Lipinski definition) is 3. The predicted octanol–water partition coefficient (Wildman–Crippen LogP) is -0.0404. The number of ether oxygens (including phenoxy) is 1. The second-order valence-electron chi connectivity index (χ2n) is 2.37. The van der Waals surface area contributed by atoms with E-state index in [1.54, 1.807) is 0 Å². The zero-order valence-electron chi connectivity index (χ0n) is 5.87.